The first-order valence-corrected chi connectivity index (χ1v) is 23.5. The lowest BCUT2D eigenvalue weighted by Crippen LogP contribution is -2.33. The van der Waals surface area contributed by atoms with E-state index in [1.165, 1.54) is 218 Å². The molecule has 0 fully saturated rings. The standard InChI is InChI=1S/C48H98O/c1-9-11-13-15-17-19-21-23-25-27-29-31-33-35-37-39-47(45(7)41-43(3)4)49-48(46(8)42-44(5)6)40-38-36-34-32-30-28-26-24-22-20-18-16-14-12-10-2/h43-48H,9-42H2,1-8H3. The lowest BCUT2D eigenvalue weighted by molar-refractivity contribution is -0.0772. The molecule has 1 heteroatoms. The third-order valence-corrected chi connectivity index (χ3v) is 11.5. The molecule has 1 nitrogen and oxygen atoms in total. The fraction of sp³-hybridized carbons (Fsp3) is 1.00. The van der Waals surface area contributed by atoms with Crippen LogP contribution in [0.2, 0.25) is 0 Å². The molecule has 0 aromatic heterocycles. The molecule has 0 heterocycles. The first-order valence-electron chi connectivity index (χ1n) is 23.5. The molecule has 0 aromatic carbocycles. The van der Waals surface area contributed by atoms with Gasteiger partial charge >= 0.3 is 0 Å². The predicted octanol–water partition coefficient (Wildman–Crippen LogP) is 17.6. The Bertz CT molecular complexity index is 558. The molecule has 0 amide bonds. The minimum Gasteiger partial charge on any atom is -0.374 e. The van der Waals surface area contributed by atoms with Crippen molar-refractivity contribution in [1.29, 1.82) is 0 Å². The van der Waals surface area contributed by atoms with Gasteiger partial charge in [0, 0.05) is 0 Å². The summed E-state index contributed by atoms with van der Waals surface area (Å²) in [6.45, 7) is 19.2. The third-order valence-electron chi connectivity index (χ3n) is 11.5. The zero-order chi connectivity index (χ0) is 36.2. The van der Waals surface area contributed by atoms with E-state index >= 15 is 0 Å². The minimum absolute atomic E-state index is 0.445. The van der Waals surface area contributed by atoms with Gasteiger partial charge in [-0.3, -0.25) is 0 Å². The summed E-state index contributed by atoms with van der Waals surface area (Å²) in [5.41, 5.74) is 0. The molecule has 49 heavy (non-hydrogen) atoms. The molecule has 0 aliphatic heterocycles. The van der Waals surface area contributed by atoms with Crippen LogP contribution in [-0.4, -0.2) is 12.2 Å². The molecule has 0 bridgehead atoms. The Hall–Kier alpha value is -0.0400. The molecule has 0 rings (SSSR count). The molecule has 0 radical (unpaired) electrons. The lowest BCUT2D eigenvalue weighted by Gasteiger charge is -2.34. The van der Waals surface area contributed by atoms with Crippen molar-refractivity contribution in [2.75, 3.05) is 0 Å². The van der Waals surface area contributed by atoms with Crippen LogP contribution in [0.4, 0.5) is 0 Å². The number of rotatable bonds is 40. The van der Waals surface area contributed by atoms with Gasteiger partial charge in [0.1, 0.15) is 0 Å². The van der Waals surface area contributed by atoms with E-state index in [1.54, 1.807) is 0 Å². The van der Waals surface area contributed by atoms with Crippen LogP contribution in [0.25, 0.3) is 0 Å². The normalized spacial score (nSPS) is 14.6. The quantitative estimate of drug-likeness (QED) is 0.0582. The van der Waals surface area contributed by atoms with Crippen molar-refractivity contribution in [3.63, 3.8) is 0 Å². The molecule has 0 N–H and O–H groups in total. The Labute approximate surface area is 313 Å². The van der Waals surface area contributed by atoms with Gasteiger partial charge in [-0.15, -0.1) is 0 Å². The van der Waals surface area contributed by atoms with Crippen molar-refractivity contribution in [2.45, 2.75) is 286 Å². The molecule has 0 spiro atoms. The van der Waals surface area contributed by atoms with E-state index in [0.29, 0.717) is 24.0 Å². The molecule has 4 unspecified atom stereocenters. The van der Waals surface area contributed by atoms with Crippen LogP contribution in [0, 0.1) is 23.7 Å². The summed E-state index contributed by atoms with van der Waals surface area (Å²) >= 11 is 0. The maximum atomic E-state index is 7.21. The highest BCUT2D eigenvalue weighted by molar-refractivity contribution is 4.75. The highest BCUT2D eigenvalue weighted by Gasteiger charge is 2.26. The summed E-state index contributed by atoms with van der Waals surface area (Å²) in [7, 11) is 0. The highest BCUT2D eigenvalue weighted by Crippen LogP contribution is 2.30. The van der Waals surface area contributed by atoms with Crippen molar-refractivity contribution in [1.82, 2.24) is 0 Å². The van der Waals surface area contributed by atoms with E-state index in [-0.39, 0.29) is 0 Å². The van der Waals surface area contributed by atoms with Crippen LogP contribution in [0.1, 0.15) is 274 Å². The summed E-state index contributed by atoms with van der Waals surface area (Å²) < 4.78 is 7.21. The van der Waals surface area contributed by atoms with Gasteiger partial charge in [0.15, 0.2) is 0 Å². The monoisotopic (exact) mass is 691 g/mol. The van der Waals surface area contributed by atoms with Crippen LogP contribution >= 0.6 is 0 Å². The maximum absolute atomic E-state index is 7.21. The average molecular weight is 691 g/mol. The largest absolute Gasteiger partial charge is 0.374 e. The van der Waals surface area contributed by atoms with E-state index in [9.17, 15) is 0 Å². The van der Waals surface area contributed by atoms with Crippen molar-refractivity contribution < 1.29 is 4.74 Å². The average Bonchev–Trinajstić information content (AvgIpc) is 3.06. The Kier molecular flexibility index (Phi) is 37.7. The number of hydrogen-bond acceptors (Lipinski definition) is 1. The van der Waals surface area contributed by atoms with Crippen molar-refractivity contribution in [2.24, 2.45) is 23.7 Å². The van der Waals surface area contributed by atoms with E-state index in [1.807, 2.05) is 0 Å². The van der Waals surface area contributed by atoms with Gasteiger partial charge in [0.05, 0.1) is 12.2 Å². The molecular formula is C48H98O. The lowest BCUT2D eigenvalue weighted by atomic mass is 9.88. The van der Waals surface area contributed by atoms with E-state index in [4.69, 9.17) is 4.74 Å². The second-order valence-corrected chi connectivity index (χ2v) is 17.9. The molecular weight excluding hydrogens is 593 g/mol. The molecule has 4 atom stereocenters. The van der Waals surface area contributed by atoms with Crippen LogP contribution in [0.3, 0.4) is 0 Å². The SMILES string of the molecule is CCCCCCCCCCCCCCCCCC(OC(CCCCCCCCCCCCCCCCC)C(C)CC(C)C)C(C)CC(C)C. The summed E-state index contributed by atoms with van der Waals surface area (Å²) in [4.78, 5) is 0. The van der Waals surface area contributed by atoms with Gasteiger partial charge in [0.25, 0.3) is 0 Å². The summed E-state index contributed by atoms with van der Waals surface area (Å²) in [5, 5.41) is 0. The van der Waals surface area contributed by atoms with Crippen LogP contribution in [-0.2, 0) is 4.74 Å². The van der Waals surface area contributed by atoms with E-state index < -0.39 is 0 Å². The van der Waals surface area contributed by atoms with Gasteiger partial charge in [0.2, 0.25) is 0 Å². The summed E-state index contributed by atoms with van der Waals surface area (Å²) in [6.07, 6.45) is 49.2. The van der Waals surface area contributed by atoms with Gasteiger partial charge in [-0.25, -0.2) is 0 Å². The maximum Gasteiger partial charge on any atom is 0.0604 e. The number of unbranched alkanes of at least 4 members (excludes halogenated alkanes) is 28. The molecule has 0 aromatic rings. The van der Waals surface area contributed by atoms with Crippen molar-refractivity contribution in [3.05, 3.63) is 0 Å². The van der Waals surface area contributed by atoms with Gasteiger partial charge < -0.3 is 4.74 Å². The second kappa shape index (κ2) is 37.7. The second-order valence-electron chi connectivity index (χ2n) is 17.9. The molecule has 0 aliphatic carbocycles. The Balaban J connectivity index is 4.36. The molecule has 0 saturated heterocycles. The van der Waals surface area contributed by atoms with E-state index in [0.717, 1.165) is 11.8 Å². The number of ether oxygens (including phenoxy) is 1. The zero-order valence-corrected chi connectivity index (χ0v) is 35.9. The Morgan fingerprint density at radius 1 is 0.286 bits per heavy atom. The fourth-order valence-corrected chi connectivity index (χ4v) is 8.42. The van der Waals surface area contributed by atoms with Gasteiger partial charge in [-0.1, -0.05) is 248 Å². The van der Waals surface area contributed by atoms with Crippen molar-refractivity contribution in [3.8, 4) is 0 Å². The molecule has 0 aliphatic rings. The van der Waals surface area contributed by atoms with Gasteiger partial charge in [-0.05, 0) is 49.4 Å². The van der Waals surface area contributed by atoms with Gasteiger partial charge in [-0.2, -0.15) is 0 Å². The molecule has 296 valence electrons. The summed E-state index contributed by atoms with van der Waals surface area (Å²) in [6, 6.07) is 0. The van der Waals surface area contributed by atoms with Crippen LogP contribution < -0.4 is 0 Å². The minimum atomic E-state index is 0.445. The van der Waals surface area contributed by atoms with Crippen LogP contribution in [0.5, 0.6) is 0 Å². The Morgan fingerprint density at radius 3 is 0.694 bits per heavy atom. The third kappa shape index (κ3) is 34.8. The zero-order valence-electron chi connectivity index (χ0n) is 35.9. The van der Waals surface area contributed by atoms with Crippen molar-refractivity contribution >= 4 is 0 Å². The smallest absolute Gasteiger partial charge is 0.0604 e. The highest BCUT2D eigenvalue weighted by atomic mass is 16.5. The summed E-state index contributed by atoms with van der Waals surface area (Å²) in [5.74, 6) is 2.84. The molecule has 0 saturated carbocycles. The Morgan fingerprint density at radius 2 is 0.490 bits per heavy atom. The number of hydrogen-bond donors (Lipinski definition) is 0. The van der Waals surface area contributed by atoms with E-state index in [2.05, 4.69) is 55.4 Å². The predicted molar refractivity (Wildman–Crippen MR) is 225 cm³/mol. The first kappa shape index (κ1) is 49.0. The first-order chi connectivity index (χ1) is 23.8. The van der Waals surface area contributed by atoms with Crippen LogP contribution in [0.15, 0.2) is 0 Å². The topological polar surface area (TPSA) is 9.23 Å². The fourth-order valence-electron chi connectivity index (χ4n) is 8.42.